The lowest BCUT2D eigenvalue weighted by molar-refractivity contribution is 0.301. The third-order valence-electron chi connectivity index (χ3n) is 2.46. The van der Waals surface area contributed by atoms with Crippen LogP contribution in [0.15, 0.2) is 11.3 Å². The number of allylic oxidation sites excluding steroid dienone is 2. The fourth-order valence-electron chi connectivity index (χ4n) is 1.73. The Bertz CT molecular complexity index is 222. The van der Waals surface area contributed by atoms with E-state index in [0.29, 0.717) is 0 Å². The maximum absolute atomic E-state index is 8.77. The van der Waals surface area contributed by atoms with Crippen molar-refractivity contribution in [2.45, 2.75) is 33.1 Å². The second-order valence-electron chi connectivity index (χ2n) is 3.22. The molecule has 66 valence electrons. The average Bonchev–Trinajstić information content (AvgIpc) is 2.16. The number of hydrogen-bond acceptors (Lipinski definition) is 2. The Balaban J connectivity index is 2.79. The van der Waals surface area contributed by atoms with Gasteiger partial charge in [-0.25, -0.2) is 0 Å². The zero-order chi connectivity index (χ0) is 8.97. The zero-order valence-electron chi connectivity index (χ0n) is 7.93. The van der Waals surface area contributed by atoms with Crippen LogP contribution in [-0.2, 0) is 0 Å². The first kappa shape index (κ1) is 9.12. The summed E-state index contributed by atoms with van der Waals surface area (Å²) in [6, 6.07) is 2.24. The molecular formula is C10H16N2. The van der Waals surface area contributed by atoms with Gasteiger partial charge in [-0.05, 0) is 33.1 Å². The fourth-order valence-corrected chi connectivity index (χ4v) is 1.73. The molecule has 0 aliphatic carbocycles. The molecule has 2 heteroatoms. The number of likely N-dealkylation sites (tertiary alicyclic amines) is 1. The summed E-state index contributed by atoms with van der Waals surface area (Å²) in [6.45, 7) is 6.23. The van der Waals surface area contributed by atoms with Gasteiger partial charge in [0.15, 0.2) is 0 Å². The van der Waals surface area contributed by atoms with Gasteiger partial charge >= 0.3 is 0 Å². The summed E-state index contributed by atoms with van der Waals surface area (Å²) in [6.07, 6.45) is 3.61. The van der Waals surface area contributed by atoms with E-state index in [9.17, 15) is 0 Å². The van der Waals surface area contributed by atoms with E-state index in [1.165, 1.54) is 18.5 Å². The van der Waals surface area contributed by atoms with Crippen LogP contribution in [0.5, 0.6) is 0 Å². The molecule has 0 bridgehead atoms. The second-order valence-corrected chi connectivity index (χ2v) is 3.22. The number of hydrogen-bond donors (Lipinski definition) is 0. The van der Waals surface area contributed by atoms with Gasteiger partial charge in [-0.15, -0.1) is 0 Å². The van der Waals surface area contributed by atoms with Crippen LogP contribution >= 0.6 is 0 Å². The molecule has 1 aliphatic heterocycles. The molecule has 12 heavy (non-hydrogen) atoms. The van der Waals surface area contributed by atoms with Gasteiger partial charge < -0.3 is 4.90 Å². The van der Waals surface area contributed by atoms with Crippen LogP contribution in [0.3, 0.4) is 0 Å². The second kappa shape index (κ2) is 4.15. The predicted molar refractivity (Wildman–Crippen MR) is 49.4 cm³/mol. The quantitative estimate of drug-likeness (QED) is 0.556. The number of nitrogens with zero attached hydrogens (tertiary/aromatic N) is 2. The first-order valence-electron chi connectivity index (χ1n) is 4.64. The summed E-state index contributed by atoms with van der Waals surface area (Å²) in [4.78, 5) is 2.32. The molecule has 0 N–H and O–H groups in total. The Morgan fingerprint density at radius 1 is 1.58 bits per heavy atom. The molecular weight excluding hydrogens is 148 g/mol. The largest absolute Gasteiger partial charge is 0.374 e. The highest BCUT2D eigenvalue weighted by Gasteiger charge is 2.14. The Morgan fingerprint density at radius 3 is 2.92 bits per heavy atom. The van der Waals surface area contributed by atoms with Crippen molar-refractivity contribution in [2.24, 2.45) is 0 Å². The van der Waals surface area contributed by atoms with Gasteiger partial charge in [-0.1, -0.05) is 0 Å². The molecule has 0 amide bonds. The molecule has 0 spiro atoms. The van der Waals surface area contributed by atoms with Crippen LogP contribution in [0.25, 0.3) is 0 Å². The van der Waals surface area contributed by atoms with Gasteiger partial charge in [0.1, 0.15) is 0 Å². The number of nitriles is 1. The van der Waals surface area contributed by atoms with E-state index in [1.54, 1.807) is 0 Å². The van der Waals surface area contributed by atoms with E-state index in [1.807, 2.05) is 6.92 Å². The maximum atomic E-state index is 8.77. The molecule has 1 saturated heterocycles. The third-order valence-corrected chi connectivity index (χ3v) is 2.46. The van der Waals surface area contributed by atoms with E-state index in [4.69, 9.17) is 5.26 Å². The van der Waals surface area contributed by atoms with E-state index in [-0.39, 0.29) is 0 Å². The molecule has 1 rings (SSSR count). The number of piperidine rings is 1. The molecule has 0 aromatic rings. The van der Waals surface area contributed by atoms with Crippen molar-refractivity contribution < 1.29 is 0 Å². The molecule has 1 aliphatic rings. The minimum atomic E-state index is 0.900. The van der Waals surface area contributed by atoms with Crippen molar-refractivity contribution in [3.63, 3.8) is 0 Å². The maximum Gasteiger partial charge on any atom is 0.0962 e. The number of rotatable bonds is 1. The molecule has 1 fully saturated rings. The van der Waals surface area contributed by atoms with Crippen LogP contribution in [-0.4, -0.2) is 18.0 Å². The highest BCUT2D eigenvalue weighted by atomic mass is 15.1. The fraction of sp³-hybridized carbons (Fsp3) is 0.700. The lowest BCUT2D eigenvalue weighted by Gasteiger charge is -2.31. The molecule has 0 atom stereocenters. The van der Waals surface area contributed by atoms with Crippen LogP contribution in [0, 0.1) is 11.3 Å². The summed E-state index contributed by atoms with van der Waals surface area (Å²) in [5.74, 6) is 0. The minimum absolute atomic E-state index is 0.900. The summed E-state index contributed by atoms with van der Waals surface area (Å²) < 4.78 is 0. The van der Waals surface area contributed by atoms with Gasteiger partial charge in [0.05, 0.1) is 6.07 Å². The van der Waals surface area contributed by atoms with Crippen LogP contribution in [0.2, 0.25) is 0 Å². The normalized spacial score (nSPS) is 21.9. The molecule has 0 aromatic heterocycles. The summed E-state index contributed by atoms with van der Waals surface area (Å²) in [7, 11) is 0. The van der Waals surface area contributed by atoms with Crippen molar-refractivity contribution in [3.05, 3.63) is 11.3 Å². The molecule has 2 nitrogen and oxygen atoms in total. The predicted octanol–water partition coefficient (Wildman–Crippen LogP) is 2.29. The van der Waals surface area contributed by atoms with Gasteiger partial charge in [-0.2, -0.15) is 5.26 Å². The van der Waals surface area contributed by atoms with Crippen LogP contribution in [0.1, 0.15) is 33.1 Å². The summed E-state index contributed by atoms with van der Waals surface area (Å²) in [5, 5.41) is 8.77. The van der Waals surface area contributed by atoms with Gasteiger partial charge in [0.2, 0.25) is 0 Å². The SMILES string of the molecule is CCN1CCCCC1=C(C)C#N. The highest BCUT2D eigenvalue weighted by molar-refractivity contribution is 5.25. The van der Waals surface area contributed by atoms with E-state index in [2.05, 4.69) is 17.9 Å². The van der Waals surface area contributed by atoms with E-state index >= 15 is 0 Å². The van der Waals surface area contributed by atoms with Crippen molar-refractivity contribution in [1.82, 2.24) is 4.90 Å². The van der Waals surface area contributed by atoms with Crippen molar-refractivity contribution in [3.8, 4) is 6.07 Å². The highest BCUT2D eigenvalue weighted by Crippen LogP contribution is 2.22. The standard InChI is InChI=1S/C10H16N2/c1-3-12-7-5-4-6-10(12)9(2)8-11/h3-7H2,1-2H3. The van der Waals surface area contributed by atoms with Crippen molar-refractivity contribution in [1.29, 1.82) is 5.26 Å². The smallest absolute Gasteiger partial charge is 0.0962 e. The van der Waals surface area contributed by atoms with Crippen molar-refractivity contribution >= 4 is 0 Å². The zero-order valence-corrected chi connectivity index (χ0v) is 7.93. The third kappa shape index (κ3) is 1.79. The molecule has 0 aromatic carbocycles. The molecule has 0 saturated carbocycles. The molecule has 0 unspecified atom stereocenters. The van der Waals surface area contributed by atoms with Gasteiger partial charge in [0, 0.05) is 24.4 Å². The summed E-state index contributed by atoms with van der Waals surface area (Å²) >= 11 is 0. The van der Waals surface area contributed by atoms with Crippen LogP contribution in [0.4, 0.5) is 0 Å². The topological polar surface area (TPSA) is 27.0 Å². The Labute approximate surface area is 74.5 Å². The summed E-state index contributed by atoms with van der Waals surface area (Å²) in [5.41, 5.74) is 2.17. The first-order chi connectivity index (χ1) is 5.79. The average molecular weight is 164 g/mol. The Kier molecular flexibility index (Phi) is 3.16. The van der Waals surface area contributed by atoms with Gasteiger partial charge in [-0.3, -0.25) is 0 Å². The van der Waals surface area contributed by atoms with Crippen LogP contribution < -0.4 is 0 Å². The minimum Gasteiger partial charge on any atom is -0.374 e. The molecule has 1 heterocycles. The monoisotopic (exact) mass is 164 g/mol. The van der Waals surface area contributed by atoms with Gasteiger partial charge in [0.25, 0.3) is 0 Å². The Morgan fingerprint density at radius 2 is 2.33 bits per heavy atom. The lowest BCUT2D eigenvalue weighted by Crippen LogP contribution is -2.28. The van der Waals surface area contributed by atoms with E-state index < -0.39 is 0 Å². The first-order valence-corrected chi connectivity index (χ1v) is 4.64. The lowest BCUT2D eigenvalue weighted by atomic mass is 10.0. The van der Waals surface area contributed by atoms with Crippen molar-refractivity contribution in [2.75, 3.05) is 13.1 Å². The Hall–Kier alpha value is -0.970. The molecule has 0 radical (unpaired) electrons. The van der Waals surface area contributed by atoms with E-state index in [0.717, 1.165) is 25.1 Å².